The number of furan rings is 1. The van der Waals surface area contributed by atoms with Gasteiger partial charge in [-0.25, -0.2) is 0 Å². The molecule has 0 unspecified atom stereocenters. The van der Waals surface area contributed by atoms with E-state index in [0.29, 0.717) is 60.8 Å². The number of carbonyl (C=O) groups is 2. The number of para-hydroxylation sites is 1. The molecule has 4 rings (SSSR count). The first-order valence-electron chi connectivity index (χ1n) is 10.9. The molecular formula is C23H27N5O4S. The summed E-state index contributed by atoms with van der Waals surface area (Å²) in [5, 5.41) is 9.15. The van der Waals surface area contributed by atoms with Crippen LogP contribution in [0.1, 0.15) is 23.7 Å². The van der Waals surface area contributed by atoms with E-state index in [1.165, 1.54) is 11.8 Å². The average molecular weight is 470 g/mol. The lowest BCUT2D eigenvalue weighted by Crippen LogP contribution is -2.38. The van der Waals surface area contributed by atoms with E-state index in [4.69, 9.17) is 9.15 Å². The lowest BCUT2D eigenvalue weighted by Gasteiger charge is -2.23. The molecule has 0 atom stereocenters. The topological polar surface area (TPSA) is 93.7 Å². The predicted octanol–water partition coefficient (Wildman–Crippen LogP) is 3.03. The van der Waals surface area contributed by atoms with Crippen molar-refractivity contribution in [2.24, 2.45) is 0 Å². The second kappa shape index (κ2) is 10.6. The Balaban J connectivity index is 1.35. The minimum absolute atomic E-state index is 0.0248. The average Bonchev–Trinajstić information content (AvgIpc) is 3.45. The van der Waals surface area contributed by atoms with Crippen LogP contribution in [0.4, 0.5) is 0 Å². The van der Waals surface area contributed by atoms with E-state index in [-0.39, 0.29) is 17.6 Å². The Hall–Kier alpha value is -3.27. The zero-order valence-electron chi connectivity index (χ0n) is 18.8. The molecule has 0 spiro atoms. The van der Waals surface area contributed by atoms with Gasteiger partial charge in [0.25, 0.3) is 5.91 Å². The molecule has 1 aliphatic rings. The first-order chi connectivity index (χ1) is 16.1. The number of hydrogen-bond donors (Lipinski definition) is 0. The predicted molar refractivity (Wildman–Crippen MR) is 124 cm³/mol. The molecule has 0 N–H and O–H groups in total. The Kier molecular flexibility index (Phi) is 7.33. The molecule has 2 aromatic heterocycles. The Morgan fingerprint density at radius 3 is 2.61 bits per heavy atom. The molecule has 0 saturated carbocycles. The van der Waals surface area contributed by atoms with Gasteiger partial charge in [-0.05, 0) is 37.6 Å². The van der Waals surface area contributed by atoms with E-state index in [1.807, 2.05) is 40.7 Å². The van der Waals surface area contributed by atoms with Crippen LogP contribution in [0.25, 0.3) is 11.6 Å². The standard InChI is InChI=1S/C23H27N5O4S/c1-3-28-21(19-10-6-15-32-19)24-25-23(28)33-16-20(29)26-11-7-12-27(14-13-26)22(30)17-8-4-5-9-18(17)31-2/h4-6,8-10,15H,3,7,11-14,16H2,1-2H3. The van der Waals surface area contributed by atoms with E-state index in [1.54, 1.807) is 30.4 Å². The van der Waals surface area contributed by atoms with Crippen LogP contribution < -0.4 is 4.74 Å². The molecule has 0 aliphatic carbocycles. The summed E-state index contributed by atoms with van der Waals surface area (Å²) in [6.07, 6.45) is 2.33. The summed E-state index contributed by atoms with van der Waals surface area (Å²) in [5.41, 5.74) is 0.543. The summed E-state index contributed by atoms with van der Waals surface area (Å²) in [6.45, 7) is 4.88. The van der Waals surface area contributed by atoms with Crippen molar-refractivity contribution in [3.05, 3.63) is 48.2 Å². The molecule has 3 aromatic rings. The fraction of sp³-hybridized carbons (Fsp3) is 0.391. The molecule has 9 nitrogen and oxygen atoms in total. The van der Waals surface area contributed by atoms with E-state index in [2.05, 4.69) is 10.2 Å². The van der Waals surface area contributed by atoms with Crippen LogP contribution in [-0.2, 0) is 11.3 Å². The third-order valence-electron chi connectivity index (χ3n) is 5.57. The van der Waals surface area contributed by atoms with Crippen LogP contribution in [-0.4, -0.2) is 75.4 Å². The summed E-state index contributed by atoms with van der Waals surface area (Å²) in [7, 11) is 1.56. The third-order valence-corrected chi connectivity index (χ3v) is 6.52. The minimum atomic E-state index is -0.0716. The van der Waals surface area contributed by atoms with Gasteiger partial charge >= 0.3 is 0 Å². The van der Waals surface area contributed by atoms with Crippen molar-refractivity contribution in [2.75, 3.05) is 39.0 Å². The second-order valence-corrected chi connectivity index (χ2v) is 8.49. The van der Waals surface area contributed by atoms with Gasteiger partial charge in [0.05, 0.1) is 24.7 Å². The van der Waals surface area contributed by atoms with Gasteiger partial charge in [0.15, 0.2) is 16.7 Å². The van der Waals surface area contributed by atoms with Gasteiger partial charge < -0.3 is 19.0 Å². The smallest absolute Gasteiger partial charge is 0.257 e. The molecule has 1 fully saturated rings. The molecular weight excluding hydrogens is 442 g/mol. The molecule has 10 heteroatoms. The van der Waals surface area contributed by atoms with Crippen molar-refractivity contribution in [2.45, 2.75) is 25.0 Å². The largest absolute Gasteiger partial charge is 0.496 e. The number of thioether (sulfide) groups is 1. The number of amides is 2. The second-order valence-electron chi connectivity index (χ2n) is 7.54. The monoisotopic (exact) mass is 469 g/mol. The number of nitrogens with zero attached hydrogens (tertiary/aromatic N) is 5. The maximum absolute atomic E-state index is 13.0. The minimum Gasteiger partial charge on any atom is -0.496 e. The lowest BCUT2D eigenvalue weighted by atomic mass is 10.1. The van der Waals surface area contributed by atoms with Crippen LogP contribution >= 0.6 is 11.8 Å². The molecule has 3 heterocycles. The van der Waals surface area contributed by atoms with Crippen molar-refractivity contribution in [1.82, 2.24) is 24.6 Å². The van der Waals surface area contributed by atoms with Crippen molar-refractivity contribution < 1.29 is 18.7 Å². The number of carbonyl (C=O) groups excluding carboxylic acids is 2. The number of methoxy groups -OCH3 is 1. The van der Waals surface area contributed by atoms with Gasteiger partial charge in [-0.15, -0.1) is 10.2 Å². The Labute approximate surface area is 196 Å². The Morgan fingerprint density at radius 2 is 1.85 bits per heavy atom. The maximum atomic E-state index is 13.0. The molecule has 1 aliphatic heterocycles. The molecule has 174 valence electrons. The zero-order chi connectivity index (χ0) is 23.2. The van der Waals surface area contributed by atoms with Crippen LogP contribution in [0, 0.1) is 0 Å². The SMILES string of the molecule is CCn1c(SCC(=O)N2CCCN(C(=O)c3ccccc3OC)CC2)nnc1-c1ccco1. The highest BCUT2D eigenvalue weighted by Gasteiger charge is 2.25. The fourth-order valence-electron chi connectivity index (χ4n) is 3.85. The fourth-order valence-corrected chi connectivity index (χ4v) is 4.75. The molecule has 2 amide bonds. The number of aromatic nitrogens is 3. The van der Waals surface area contributed by atoms with E-state index in [9.17, 15) is 9.59 Å². The molecule has 0 radical (unpaired) electrons. The van der Waals surface area contributed by atoms with Crippen LogP contribution in [0.2, 0.25) is 0 Å². The van der Waals surface area contributed by atoms with Gasteiger partial charge in [0.1, 0.15) is 5.75 Å². The van der Waals surface area contributed by atoms with E-state index >= 15 is 0 Å². The highest BCUT2D eigenvalue weighted by atomic mass is 32.2. The van der Waals surface area contributed by atoms with E-state index < -0.39 is 0 Å². The summed E-state index contributed by atoms with van der Waals surface area (Å²) in [6, 6.07) is 10.9. The number of hydrogen-bond acceptors (Lipinski definition) is 7. The highest BCUT2D eigenvalue weighted by molar-refractivity contribution is 7.99. The van der Waals surface area contributed by atoms with Crippen molar-refractivity contribution in [3.63, 3.8) is 0 Å². The van der Waals surface area contributed by atoms with Gasteiger partial charge in [-0.3, -0.25) is 14.2 Å². The normalized spacial score (nSPS) is 14.2. The molecule has 1 saturated heterocycles. The number of rotatable bonds is 7. The number of benzene rings is 1. The highest BCUT2D eigenvalue weighted by Crippen LogP contribution is 2.25. The van der Waals surface area contributed by atoms with Crippen LogP contribution in [0.5, 0.6) is 5.75 Å². The van der Waals surface area contributed by atoms with Gasteiger partial charge in [0.2, 0.25) is 5.91 Å². The third kappa shape index (κ3) is 5.05. The molecule has 33 heavy (non-hydrogen) atoms. The van der Waals surface area contributed by atoms with Crippen molar-refractivity contribution in [3.8, 4) is 17.3 Å². The van der Waals surface area contributed by atoms with Gasteiger partial charge in [-0.2, -0.15) is 0 Å². The summed E-state index contributed by atoms with van der Waals surface area (Å²) >= 11 is 1.37. The molecule has 1 aromatic carbocycles. The molecule has 0 bridgehead atoms. The number of ether oxygens (including phenoxy) is 1. The first kappa shape index (κ1) is 22.9. The summed E-state index contributed by atoms with van der Waals surface area (Å²) in [4.78, 5) is 29.5. The van der Waals surface area contributed by atoms with Gasteiger partial charge in [0, 0.05) is 32.7 Å². The summed E-state index contributed by atoms with van der Waals surface area (Å²) in [5.74, 6) is 2.07. The van der Waals surface area contributed by atoms with Crippen molar-refractivity contribution in [1.29, 1.82) is 0 Å². The zero-order valence-corrected chi connectivity index (χ0v) is 19.6. The van der Waals surface area contributed by atoms with Gasteiger partial charge in [-0.1, -0.05) is 23.9 Å². The first-order valence-corrected chi connectivity index (χ1v) is 11.9. The summed E-state index contributed by atoms with van der Waals surface area (Å²) < 4.78 is 12.7. The van der Waals surface area contributed by atoms with Crippen LogP contribution in [0.15, 0.2) is 52.2 Å². The lowest BCUT2D eigenvalue weighted by molar-refractivity contribution is -0.128. The quantitative estimate of drug-likeness (QED) is 0.491. The van der Waals surface area contributed by atoms with Crippen LogP contribution in [0.3, 0.4) is 0 Å². The maximum Gasteiger partial charge on any atom is 0.257 e. The van der Waals surface area contributed by atoms with Crippen molar-refractivity contribution >= 4 is 23.6 Å². The Morgan fingerprint density at radius 1 is 1.06 bits per heavy atom. The Bertz CT molecular complexity index is 1100. The van der Waals surface area contributed by atoms with E-state index in [0.717, 1.165) is 6.42 Å².